The van der Waals surface area contributed by atoms with Gasteiger partial charge in [0.1, 0.15) is 0 Å². The van der Waals surface area contributed by atoms with E-state index in [0.717, 1.165) is 5.92 Å². The van der Waals surface area contributed by atoms with Crippen LogP contribution in [0, 0.1) is 5.92 Å². The van der Waals surface area contributed by atoms with Crippen molar-refractivity contribution in [3.05, 3.63) is 35.4 Å². The maximum atomic E-state index is 2.44. The molecule has 18 heavy (non-hydrogen) atoms. The zero-order chi connectivity index (χ0) is 13.2. The molecule has 1 fully saturated rings. The van der Waals surface area contributed by atoms with Crippen LogP contribution >= 0.6 is 0 Å². The van der Waals surface area contributed by atoms with Crippen LogP contribution in [0.4, 0.5) is 0 Å². The SMILES string of the molecule is CN1CCC(Cc2ccc(C(C)(C)C)cc2)CC1. The number of hydrogen-bond donors (Lipinski definition) is 0. The fourth-order valence-corrected chi connectivity index (χ4v) is 2.74. The molecule has 1 saturated heterocycles. The second kappa shape index (κ2) is 5.44. The van der Waals surface area contributed by atoms with Gasteiger partial charge in [0.15, 0.2) is 0 Å². The summed E-state index contributed by atoms with van der Waals surface area (Å²) < 4.78 is 0. The zero-order valence-electron chi connectivity index (χ0n) is 12.4. The van der Waals surface area contributed by atoms with Gasteiger partial charge in [0, 0.05) is 0 Å². The molecule has 0 aliphatic carbocycles. The molecule has 1 heteroatoms. The van der Waals surface area contributed by atoms with E-state index in [0.29, 0.717) is 0 Å². The Morgan fingerprint density at radius 3 is 2.11 bits per heavy atom. The first-order valence-corrected chi connectivity index (χ1v) is 7.23. The van der Waals surface area contributed by atoms with Crippen molar-refractivity contribution in [2.45, 2.75) is 45.4 Å². The Labute approximate surface area is 112 Å². The van der Waals surface area contributed by atoms with Crippen molar-refractivity contribution in [1.82, 2.24) is 4.90 Å². The molecule has 0 radical (unpaired) electrons. The van der Waals surface area contributed by atoms with Crippen molar-refractivity contribution in [3.63, 3.8) is 0 Å². The third-order valence-electron chi connectivity index (χ3n) is 4.18. The number of hydrogen-bond acceptors (Lipinski definition) is 1. The van der Waals surface area contributed by atoms with Gasteiger partial charge in [-0.05, 0) is 61.9 Å². The number of benzene rings is 1. The Bertz CT molecular complexity index is 364. The van der Waals surface area contributed by atoms with Gasteiger partial charge in [0.05, 0.1) is 0 Å². The van der Waals surface area contributed by atoms with E-state index in [1.165, 1.54) is 43.5 Å². The topological polar surface area (TPSA) is 3.24 Å². The summed E-state index contributed by atoms with van der Waals surface area (Å²) in [5.74, 6) is 0.890. The highest BCUT2D eigenvalue weighted by Crippen LogP contribution is 2.25. The molecule has 0 bridgehead atoms. The molecule has 2 rings (SSSR count). The molecule has 1 aliphatic rings. The Kier molecular flexibility index (Phi) is 4.11. The normalized spacial score (nSPS) is 19.1. The van der Waals surface area contributed by atoms with Crippen LogP contribution in [0.25, 0.3) is 0 Å². The summed E-state index contributed by atoms with van der Waals surface area (Å²) in [5, 5.41) is 0. The molecular formula is C17H27N. The average molecular weight is 245 g/mol. The molecule has 0 saturated carbocycles. The van der Waals surface area contributed by atoms with Gasteiger partial charge in [-0.25, -0.2) is 0 Å². The van der Waals surface area contributed by atoms with E-state index < -0.39 is 0 Å². The van der Waals surface area contributed by atoms with E-state index in [-0.39, 0.29) is 5.41 Å². The van der Waals surface area contributed by atoms with Crippen LogP contribution in [0.5, 0.6) is 0 Å². The van der Waals surface area contributed by atoms with Crippen molar-refractivity contribution in [2.24, 2.45) is 5.92 Å². The van der Waals surface area contributed by atoms with Gasteiger partial charge >= 0.3 is 0 Å². The largest absolute Gasteiger partial charge is 0.306 e. The third kappa shape index (κ3) is 3.58. The highest BCUT2D eigenvalue weighted by molar-refractivity contribution is 5.27. The van der Waals surface area contributed by atoms with E-state index in [1.807, 2.05) is 0 Å². The lowest BCUT2D eigenvalue weighted by atomic mass is 9.85. The zero-order valence-corrected chi connectivity index (χ0v) is 12.4. The summed E-state index contributed by atoms with van der Waals surface area (Å²) in [6.45, 7) is 9.37. The van der Waals surface area contributed by atoms with Gasteiger partial charge in [-0.1, -0.05) is 45.0 Å². The summed E-state index contributed by atoms with van der Waals surface area (Å²) in [6.07, 6.45) is 3.98. The van der Waals surface area contributed by atoms with E-state index >= 15 is 0 Å². The van der Waals surface area contributed by atoms with Gasteiger partial charge in [0.25, 0.3) is 0 Å². The van der Waals surface area contributed by atoms with Crippen LogP contribution in [-0.4, -0.2) is 25.0 Å². The number of likely N-dealkylation sites (tertiary alicyclic amines) is 1. The molecule has 1 aliphatic heterocycles. The van der Waals surface area contributed by atoms with Gasteiger partial charge < -0.3 is 4.90 Å². The smallest absolute Gasteiger partial charge is 0.00190 e. The van der Waals surface area contributed by atoms with Crippen LogP contribution in [-0.2, 0) is 11.8 Å². The molecule has 0 atom stereocenters. The second-order valence-electron chi connectivity index (χ2n) is 6.90. The van der Waals surface area contributed by atoms with E-state index in [2.05, 4.69) is 57.0 Å². The molecule has 0 amide bonds. The monoisotopic (exact) mass is 245 g/mol. The molecular weight excluding hydrogens is 218 g/mol. The van der Waals surface area contributed by atoms with Crippen molar-refractivity contribution >= 4 is 0 Å². The molecule has 100 valence electrons. The predicted octanol–water partition coefficient (Wildman–Crippen LogP) is 3.87. The van der Waals surface area contributed by atoms with E-state index in [1.54, 1.807) is 0 Å². The quantitative estimate of drug-likeness (QED) is 0.764. The average Bonchev–Trinajstić information content (AvgIpc) is 2.32. The number of nitrogens with zero attached hydrogens (tertiary/aromatic N) is 1. The third-order valence-corrected chi connectivity index (χ3v) is 4.18. The fourth-order valence-electron chi connectivity index (χ4n) is 2.74. The summed E-state index contributed by atoms with van der Waals surface area (Å²) >= 11 is 0. The highest BCUT2D eigenvalue weighted by atomic mass is 15.1. The maximum absolute atomic E-state index is 2.44. The molecule has 1 aromatic carbocycles. The van der Waals surface area contributed by atoms with Crippen molar-refractivity contribution < 1.29 is 0 Å². The van der Waals surface area contributed by atoms with Gasteiger partial charge in [0.2, 0.25) is 0 Å². The van der Waals surface area contributed by atoms with Gasteiger partial charge in [-0.3, -0.25) is 0 Å². The number of piperidine rings is 1. The van der Waals surface area contributed by atoms with Gasteiger partial charge in [-0.15, -0.1) is 0 Å². The highest BCUT2D eigenvalue weighted by Gasteiger charge is 2.17. The van der Waals surface area contributed by atoms with Crippen molar-refractivity contribution in [1.29, 1.82) is 0 Å². The lowest BCUT2D eigenvalue weighted by Crippen LogP contribution is -2.30. The first-order valence-electron chi connectivity index (χ1n) is 7.23. The Hall–Kier alpha value is -0.820. The molecule has 1 aromatic rings. The predicted molar refractivity (Wildman–Crippen MR) is 79.1 cm³/mol. The molecule has 0 unspecified atom stereocenters. The Morgan fingerprint density at radius 1 is 1.06 bits per heavy atom. The summed E-state index contributed by atoms with van der Waals surface area (Å²) in [7, 11) is 2.23. The van der Waals surface area contributed by atoms with E-state index in [9.17, 15) is 0 Å². The second-order valence-corrected chi connectivity index (χ2v) is 6.90. The van der Waals surface area contributed by atoms with E-state index in [4.69, 9.17) is 0 Å². The summed E-state index contributed by atoms with van der Waals surface area (Å²) in [5.41, 5.74) is 3.22. The van der Waals surface area contributed by atoms with Crippen LogP contribution < -0.4 is 0 Å². The maximum Gasteiger partial charge on any atom is -0.00190 e. The number of rotatable bonds is 2. The fraction of sp³-hybridized carbons (Fsp3) is 0.647. The lowest BCUT2D eigenvalue weighted by Gasteiger charge is -2.29. The molecule has 1 heterocycles. The molecule has 0 aromatic heterocycles. The summed E-state index contributed by atoms with van der Waals surface area (Å²) in [4.78, 5) is 2.44. The molecule has 0 spiro atoms. The van der Waals surface area contributed by atoms with Crippen molar-refractivity contribution in [2.75, 3.05) is 20.1 Å². The Morgan fingerprint density at radius 2 is 1.61 bits per heavy atom. The van der Waals surface area contributed by atoms with Crippen LogP contribution in [0.3, 0.4) is 0 Å². The van der Waals surface area contributed by atoms with Crippen LogP contribution in [0.1, 0.15) is 44.7 Å². The Balaban J connectivity index is 1.94. The summed E-state index contributed by atoms with van der Waals surface area (Å²) in [6, 6.07) is 9.28. The standard InChI is InChI=1S/C17H27N/c1-17(2,3)16-7-5-14(6-8-16)13-15-9-11-18(4)12-10-15/h5-8,15H,9-13H2,1-4H3. The first-order chi connectivity index (χ1) is 8.45. The van der Waals surface area contributed by atoms with Crippen LogP contribution in [0.2, 0.25) is 0 Å². The van der Waals surface area contributed by atoms with Crippen LogP contribution in [0.15, 0.2) is 24.3 Å². The minimum atomic E-state index is 0.270. The lowest BCUT2D eigenvalue weighted by molar-refractivity contribution is 0.219. The minimum absolute atomic E-state index is 0.270. The minimum Gasteiger partial charge on any atom is -0.306 e. The van der Waals surface area contributed by atoms with Gasteiger partial charge in [-0.2, -0.15) is 0 Å². The molecule has 0 N–H and O–H groups in total. The first kappa shape index (κ1) is 13.6. The van der Waals surface area contributed by atoms with Crippen molar-refractivity contribution in [3.8, 4) is 0 Å². The molecule has 1 nitrogen and oxygen atoms in total.